The summed E-state index contributed by atoms with van der Waals surface area (Å²) >= 11 is 0. The lowest BCUT2D eigenvalue weighted by Gasteiger charge is -2.10. The van der Waals surface area contributed by atoms with Crippen LogP contribution in [0, 0.1) is 5.92 Å². The van der Waals surface area contributed by atoms with E-state index in [1.165, 1.54) is 12.8 Å². The van der Waals surface area contributed by atoms with E-state index in [4.69, 9.17) is 10.5 Å². The van der Waals surface area contributed by atoms with Gasteiger partial charge in [0.15, 0.2) is 0 Å². The Bertz CT molecular complexity index is 280. The molecule has 1 aromatic rings. The third-order valence-electron chi connectivity index (χ3n) is 2.44. The second kappa shape index (κ2) is 3.47. The van der Waals surface area contributed by atoms with E-state index in [2.05, 4.69) is 9.97 Å². The van der Waals surface area contributed by atoms with E-state index >= 15 is 0 Å². The predicted octanol–water partition coefficient (Wildman–Crippen LogP) is 0.966. The molecular weight excluding hydrogens is 166 g/mol. The van der Waals surface area contributed by atoms with Gasteiger partial charge in [-0.25, -0.2) is 4.98 Å². The molecule has 72 valence electrons. The van der Waals surface area contributed by atoms with Crippen LogP contribution in [0.15, 0.2) is 6.20 Å². The maximum atomic E-state index is 5.48. The number of rotatable bonds is 4. The highest BCUT2D eigenvalue weighted by Gasteiger charge is 2.34. The lowest BCUT2D eigenvalue weighted by molar-refractivity contribution is 0.0778. The maximum absolute atomic E-state index is 5.48. The standard InChI is InChI=1S/C9H15N3O/c1-13-8(6-2-3-6)9-11-5-7(4-10)12-9/h5-6,8H,2-4,10H2,1H3,(H,11,12). The van der Waals surface area contributed by atoms with Crippen molar-refractivity contribution >= 4 is 0 Å². The Morgan fingerprint density at radius 3 is 3.00 bits per heavy atom. The molecule has 1 unspecified atom stereocenters. The van der Waals surface area contributed by atoms with Gasteiger partial charge < -0.3 is 15.5 Å². The fourth-order valence-electron chi connectivity index (χ4n) is 1.55. The molecule has 1 saturated carbocycles. The molecule has 2 rings (SSSR count). The minimum atomic E-state index is 0.139. The minimum Gasteiger partial charge on any atom is -0.373 e. The average Bonchev–Trinajstić information content (AvgIpc) is 2.85. The molecule has 0 bridgehead atoms. The molecule has 13 heavy (non-hydrogen) atoms. The Kier molecular flexibility index (Phi) is 2.33. The maximum Gasteiger partial charge on any atom is 0.135 e. The highest BCUT2D eigenvalue weighted by Crippen LogP contribution is 2.41. The fourth-order valence-corrected chi connectivity index (χ4v) is 1.55. The van der Waals surface area contributed by atoms with Gasteiger partial charge in [0.1, 0.15) is 11.9 Å². The molecule has 0 aromatic carbocycles. The van der Waals surface area contributed by atoms with E-state index < -0.39 is 0 Å². The Balaban J connectivity index is 2.12. The van der Waals surface area contributed by atoms with Gasteiger partial charge in [0.25, 0.3) is 0 Å². The topological polar surface area (TPSA) is 63.9 Å². The van der Waals surface area contributed by atoms with Crippen LogP contribution in [0.25, 0.3) is 0 Å². The molecule has 1 atom stereocenters. The molecule has 1 heterocycles. The third-order valence-corrected chi connectivity index (χ3v) is 2.44. The molecule has 0 aliphatic heterocycles. The van der Waals surface area contributed by atoms with Gasteiger partial charge in [0.2, 0.25) is 0 Å². The van der Waals surface area contributed by atoms with Crippen LogP contribution in [0.3, 0.4) is 0 Å². The van der Waals surface area contributed by atoms with Crippen molar-refractivity contribution in [1.82, 2.24) is 9.97 Å². The van der Waals surface area contributed by atoms with E-state index in [1.807, 2.05) is 0 Å². The van der Waals surface area contributed by atoms with Gasteiger partial charge in [-0.05, 0) is 18.8 Å². The number of imidazole rings is 1. The molecule has 0 spiro atoms. The SMILES string of the molecule is COC(c1ncc(CN)[nH]1)C1CC1. The Hall–Kier alpha value is -0.870. The lowest BCUT2D eigenvalue weighted by Crippen LogP contribution is -2.06. The predicted molar refractivity (Wildman–Crippen MR) is 49.0 cm³/mol. The molecule has 1 aliphatic carbocycles. The summed E-state index contributed by atoms with van der Waals surface area (Å²) in [4.78, 5) is 7.43. The summed E-state index contributed by atoms with van der Waals surface area (Å²) in [6.07, 6.45) is 4.42. The zero-order valence-electron chi connectivity index (χ0n) is 7.79. The zero-order valence-corrected chi connectivity index (χ0v) is 7.79. The molecule has 0 saturated heterocycles. The molecule has 0 amide bonds. The summed E-state index contributed by atoms with van der Waals surface area (Å²) in [6, 6.07) is 0. The molecule has 3 N–H and O–H groups in total. The van der Waals surface area contributed by atoms with Crippen LogP contribution in [-0.4, -0.2) is 17.1 Å². The van der Waals surface area contributed by atoms with Crippen molar-refractivity contribution in [2.75, 3.05) is 7.11 Å². The molecule has 1 aromatic heterocycles. The lowest BCUT2D eigenvalue weighted by atomic mass is 10.2. The summed E-state index contributed by atoms with van der Waals surface area (Å²) in [5, 5.41) is 0. The van der Waals surface area contributed by atoms with Crippen LogP contribution in [0.2, 0.25) is 0 Å². The first-order valence-electron chi connectivity index (χ1n) is 4.61. The molecular formula is C9H15N3O. The van der Waals surface area contributed by atoms with Crippen molar-refractivity contribution < 1.29 is 4.74 Å². The summed E-state index contributed by atoms with van der Waals surface area (Å²) in [5.74, 6) is 1.58. The minimum absolute atomic E-state index is 0.139. The first-order chi connectivity index (χ1) is 6.35. The van der Waals surface area contributed by atoms with Crippen LogP contribution >= 0.6 is 0 Å². The van der Waals surface area contributed by atoms with Crippen LogP contribution in [0.5, 0.6) is 0 Å². The largest absolute Gasteiger partial charge is 0.373 e. The summed E-state index contributed by atoms with van der Waals surface area (Å²) in [5.41, 5.74) is 6.45. The van der Waals surface area contributed by atoms with Crippen molar-refractivity contribution in [3.05, 3.63) is 17.7 Å². The number of nitrogens with one attached hydrogen (secondary N) is 1. The first kappa shape index (κ1) is 8.72. The third kappa shape index (κ3) is 1.73. The zero-order chi connectivity index (χ0) is 9.26. The van der Waals surface area contributed by atoms with Gasteiger partial charge in [-0.3, -0.25) is 0 Å². The molecule has 0 radical (unpaired) electrons. The van der Waals surface area contributed by atoms with Crippen molar-refractivity contribution in [1.29, 1.82) is 0 Å². The van der Waals surface area contributed by atoms with Crippen molar-refractivity contribution in [3.63, 3.8) is 0 Å². The van der Waals surface area contributed by atoms with Gasteiger partial charge >= 0.3 is 0 Å². The summed E-state index contributed by atoms with van der Waals surface area (Å²) in [6.45, 7) is 0.508. The van der Waals surface area contributed by atoms with Crippen molar-refractivity contribution in [3.8, 4) is 0 Å². The fraction of sp³-hybridized carbons (Fsp3) is 0.667. The molecule has 4 heteroatoms. The molecule has 1 fully saturated rings. The van der Waals surface area contributed by atoms with Crippen LogP contribution in [0.1, 0.15) is 30.5 Å². The van der Waals surface area contributed by atoms with Crippen molar-refractivity contribution in [2.45, 2.75) is 25.5 Å². The second-order valence-corrected chi connectivity index (χ2v) is 3.49. The summed E-state index contributed by atoms with van der Waals surface area (Å²) in [7, 11) is 1.73. The number of aromatic nitrogens is 2. The molecule has 1 aliphatic rings. The summed E-state index contributed by atoms with van der Waals surface area (Å²) < 4.78 is 5.38. The number of hydrogen-bond donors (Lipinski definition) is 2. The van der Waals surface area contributed by atoms with E-state index in [-0.39, 0.29) is 6.10 Å². The normalized spacial score (nSPS) is 18.9. The average molecular weight is 181 g/mol. The van der Waals surface area contributed by atoms with Gasteiger partial charge in [-0.1, -0.05) is 0 Å². The van der Waals surface area contributed by atoms with Crippen LogP contribution in [-0.2, 0) is 11.3 Å². The second-order valence-electron chi connectivity index (χ2n) is 3.49. The number of methoxy groups -OCH3 is 1. The van der Waals surface area contributed by atoms with E-state index in [0.717, 1.165) is 11.5 Å². The van der Waals surface area contributed by atoms with Gasteiger partial charge in [0.05, 0.1) is 0 Å². The number of hydrogen-bond acceptors (Lipinski definition) is 3. The van der Waals surface area contributed by atoms with Crippen molar-refractivity contribution in [2.24, 2.45) is 11.7 Å². The van der Waals surface area contributed by atoms with Gasteiger partial charge in [0, 0.05) is 25.5 Å². The highest BCUT2D eigenvalue weighted by molar-refractivity contribution is 5.06. The smallest absolute Gasteiger partial charge is 0.135 e. The van der Waals surface area contributed by atoms with E-state index in [9.17, 15) is 0 Å². The number of ether oxygens (including phenoxy) is 1. The number of nitrogens with two attached hydrogens (primary N) is 1. The Morgan fingerprint density at radius 1 is 1.77 bits per heavy atom. The van der Waals surface area contributed by atoms with Gasteiger partial charge in [-0.2, -0.15) is 0 Å². The number of H-pyrrole nitrogens is 1. The van der Waals surface area contributed by atoms with Crippen LogP contribution in [0.4, 0.5) is 0 Å². The quantitative estimate of drug-likeness (QED) is 0.727. The number of nitrogens with zero attached hydrogens (tertiary/aromatic N) is 1. The molecule has 4 nitrogen and oxygen atoms in total. The van der Waals surface area contributed by atoms with E-state index in [0.29, 0.717) is 12.5 Å². The monoisotopic (exact) mass is 181 g/mol. The van der Waals surface area contributed by atoms with E-state index in [1.54, 1.807) is 13.3 Å². The van der Waals surface area contributed by atoms with Crippen LogP contribution < -0.4 is 5.73 Å². The Labute approximate surface area is 77.5 Å². The van der Waals surface area contributed by atoms with Gasteiger partial charge in [-0.15, -0.1) is 0 Å². The Morgan fingerprint density at radius 2 is 2.54 bits per heavy atom. The first-order valence-corrected chi connectivity index (χ1v) is 4.61. The highest BCUT2D eigenvalue weighted by atomic mass is 16.5. The number of aromatic amines is 1.